The van der Waals surface area contributed by atoms with Crippen molar-refractivity contribution in [3.8, 4) is 11.5 Å². The molecule has 0 bridgehead atoms. The van der Waals surface area contributed by atoms with Crippen LogP contribution in [0.1, 0.15) is 18.5 Å². The molecule has 1 atom stereocenters. The topological polar surface area (TPSA) is 68.4 Å². The summed E-state index contributed by atoms with van der Waals surface area (Å²) >= 11 is 0. The molecule has 1 unspecified atom stereocenters. The van der Waals surface area contributed by atoms with Gasteiger partial charge < -0.3 is 14.7 Å². The maximum Gasteiger partial charge on any atom is 0.202 e. The average molecular weight is 298 g/mol. The van der Waals surface area contributed by atoms with Crippen LogP contribution >= 0.6 is 12.4 Å². The maximum absolute atomic E-state index is 5.85. The number of halogens is 1. The van der Waals surface area contributed by atoms with E-state index in [1.807, 2.05) is 18.2 Å². The minimum absolute atomic E-state index is 0. The van der Waals surface area contributed by atoms with Crippen LogP contribution in [0, 0.1) is 5.92 Å². The number of likely N-dealkylation sites (N-methyl/N-ethyl adjacent to an activating group) is 1. The van der Waals surface area contributed by atoms with E-state index < -0.39 is 0 Å². The highest BCUT2D eigenvalue weighted by atomic mass is 35.5. The Labute approximate surface area is 124 Å². The van der Waals surface area contributed by atoms with Crippen molar-refractivity contribution in [3.63, 3.8) is 0 Å². The summed E-state index contributed by atoms with van der Waals surface area (Å²) in [5.41, 5.74) is 6.76. The van der Waals surface area contributed by atoms with Crippen molar-refractivity contribution in [2.45, 2.75) is 25.4 Å². The molecule has 1 aliphatic carbocycles. The van der Waals surface area contributed by atoms with Gasteiger partial charge in [0.2, 0.25) is 5.76 Å². The number of aromatic nitrogens is 1. The van der Waals surface area contributed by atoms with Gasteiger partial charge in [0, 0.05) is 25.2 Å². The Morgan fingerprint density at radius 2 is 2.25 bits per heavy atom. The highest BCUT2D eigenvalue weighted by molar-refractivity contribution is 5.85. The number of hydrogen-bond acceptors (Lipinski definition) is 5. The van der Waals surface area contributed by atoms with Gasteiger partial charge in [0.05, 0.1) is 12.0 Å². The molecule has 0 aliphatic heterocycles. The number of furan rings is 1. The zero-order valence-electron chi connectivity index (χ0n) is 11.5. The molecule has 1 fully saturated rings. The minimum atomic E-state index is 0. The van der Waals surface area contributed by atoms with Crippen molar-refractivity contribution < 1.29 is 8.94 Å². The summed E-state index contributed by atoms with van der Waals surface area (Å²) in [6.45, 7) is 1.45. The number of nitrogens with two attached hydrogens (primary N) is 1. The molecular weight excluding hydrogens is 278 g/mol. The zero-order chi connectivity index (χ0) is 13.2. The van der Waals surface area contributed by atoms with E-state index in [4.69, 9.17) is 14.7 Å². The minimum Gasteiger partial charge on any atom is -0.461 e. The van der Waals surface area contributed by atoms with E-state index in [1.54, 1.807) is 6.26 Å². The van der Waals surface area contributed by atoms with Crippen LogP contribution in [0.4, 0.5) is 0 Å². The zero-order valence-corrected chi connectivity index (χ0v) is 12.3. The number of hydrogen-bond donors (Lipinski definition) is 1. The van der Waals surface area contributed by atoms with Gasteiger partial charge in [-0.15, -0.1) is 12.4 Å². The molecule has 6 heteroatoms. The molecule has 110 valence electrons. The van der Waals surface area contributed by atoms with Crippen LogP contribution in [0.15, 0.2) is 33.4 Å². The Morgan fingerprint density at radius 3 is 2.85 bits per heavy atom. The first-order valence-electron chi connectivity index (χ1n) is 6.67. The number of rotatable bonds is 6. The van der Waals surface area contributed by atoms with Crippen LogP contribution in [0.3, 0.4) is 0 Å². The Kier molecular flexibility index (Phi) is 4.86. The SMILES string of the molecule is CN(Cc1cc(-c2ccco2)on1)C(CN)C1CC1.Cl. The van der Waals surface area contributed by atoms with Gasteiger partial charge in [0.25, 0.3) is 0 Å². The van der Waals surface area contributed by atoms with Gasteiger partial charge in [-0.1, -0.05) is 5.16 Å². The molecule has 2 aromatic heterocycles. The van der Waals surface area contributed by atoms with Gasteiger partial charge >= 0.3 is 0 Å². The molecule has 0 aromatic carbocycles. The molecule has 3 rings (SSSR count). The van der Waals surface area contributed by atoms with Crippen LogP contribution in [0.2, 0.25) is 0 Å². The van der Waals surface area contributed by atoms with Crippen molar-refractivity contribution in [3.05, 3.63) is 30.2 Å². The van der Waals surface area contributed by atoms with Crippen LogP contribution in [-0.4, -0.2) is 29.7 Å². The van der Waals surface area contributed by atoms with E-state index in [0.29, 0.717) is 24.1 Å². The molecule has 0 radical (unpaired) electrons. The van der Waals surface area contributed by atoms with E-state index in [-0.39, 0.29) is 12.4 Å². The Hall–Kier alpha value is -1.30. The standard InChI is InChI=1S/C14H19N3O2.ClH/c1-17(12(8-15)10-4-5-10)9-11-7-14(19-16-11)13-3-2-6-18-13;/h2-3,6-7,10,12H,4-5,8-9,15H2,1H3;1H. The van der Waals surface area contributed by atoms with E-state index in [1.165, 1.54) is 12.8 Å². The molecule has 5 nitrogen and oxygen atoms in total. The molecular formula is C14H20ClN3O2. The highest BCUT2D eigenvalue weighted by Gasteiger charge is 2.33. The largest absolute Gasteiger partial charge is 0.461 e. The van der Waals surface area contributed by atoms with Gasteiger partial charge in [-0.05, 0) is 37.9 Å². The Bertz CT molecular complexity index is 522. The lowest BCUT2D eigenvalue weighted by Crippen LogP contribution is -2.39. The maximum atomic E-state index is 5.85. The smallest absolute Gasteiger partial charge is 0.202 e. The lowest BCUT2D eigenvalue weighted by Gasteiger charge is -2.25. The summed E-state index contributed by atoms with van der Waals surface area (Å²) in [6.07, 6.45) is 4.21. The third-order valence-corrected chi connectivity index (χ3v) is 3.71. The summed E-state index contributed by atoms with van der Waals surface area (Å²) in [4.78, 5) is 2.27. The molecule has 20 heavy (non-hydrogen) atoms. The summed E-state index contributed by atoms with van der Waals surface area (Å²) in [7, 11) is 2.09. The van der Waals surface area contributed by atoms with Gasteiger partial charge in [-0.25, -0.2) is 0 Å². The molecule has 2 N–H and O–H groups in total. The molecule has 1 saturated carbocycles. The average Bonchev–Trinajstić information content (AvgIpc) is 2.93. The van der Waals surface area contributed by atoms with Crippen molar-refractivity contribution in [1.29, 1.82) is 0 Å². The van der Waals surface area contributed by atoms with Crippen molar-refractivity contribution in [2.24, 2.45) is 11.7 Å². The monoisotopic (exact) mass is 297 g/mol. The molecule has 2 heterocycles. The van der Waals surface area contributed by atoms with Crippen molar-refractivity contribution >= 4 is 12.4 Å². The fourth-order valence-electron chi connectivity index (χ4n) is 2.51. The van der Waals surface area contributed by atoms with Crippen LogP contribution in [-0.2, 0) is 6.54 Å². The van der Waals surface area contributed by atoms with Gasteiger partial charge in [-0.3, -0.25) is 4.90 Å². The highest BCUT2D eigenvalue weighted by Crippen LogP contribution is 2.35. The summed E-state index contributed by atoms with van der Waals surface area (Å²) in [5.74, 6) is 2.13. The lowest BCUT2D eigenvalue weighted by molar-refractivity contribution is 0.210. The Morgan fingerprint density at radius 1 is 1.45 bits per heavy atom. The lowest BCUT2D eigenvalue weighted by atomic mass is 10.1. The molecule has 1 aliphatic rings. The summed E-state index contributed by atoms with van der Waals surface area (Å²) in [5, 5.41) is 4.09. The van der Waals surface area contributed by atoms with E-state index in [2.05, 4.69) is 17.1 Å². The van der Waals surface area contributed by atoms with Crippen molar-refractivity contribution in [1.82, 2.24) is 10.1 Å². The quantitative estimate of drug-likeness (QED) is 0.887. The third kappa shape index (κ3) is 3.23. The third-order valence-electron chi connectivity index (χ3n) is 3.71. The molecule has 0 amide bonds. The molecule has 0 saturated heterocycles. The normalized spacial score (nSPS) is 16.1. The van der Waals surface area contributed by atoms with Crippen molar-refractivity contribution in [2.75, 3.05) is 13.6 Å². The summed E-state index contributed by atoms with van der Waals surface area (Å²) < 4.78 is 10.6. The van der Waals surface area contributed by atoms with Gasteiger partial charge in [-0.2, -0.15) is 0 Å². The van der Waals surface area contributed by atoms with Crippen LogP contribution in [0.5, 0.6) is 0 Å². The fraction of sp³-hybridized carbons (Fsp3) is 0.500. The van der Waals surface area contributed by atoms with E-state index in [0.717, 1.165) is 18.2 Å². The fourth-order valence-corrected chi connectivity index (χ4v) is 2.51. The first kappa shape index (κ1) is 15.1. The van der Waals surface area contributed by atoms with Gasteiger partial charge in [0.15, 0.2) is 5.76 Å². The predicted octanol–water partition coefficient (Wildman–Crippen LogP) is 2.53. The second-order valence-corrected chi connectivity index (χ2v) is 5.22. The first-order chi connectivity index (χ1) is 9.28. The first-order valence-corrected chi connectivity index (χ1v) is 6.67. The van der Waals surface area contributed by atoms with E-state index >= 15 is 0 Å². The number of nitrogens with zero attached hydrogens (tertiary/aromatic N) is 2. The Balaban J connectivity index is 0.00000147. The van der Waals surface area contributed by atoms with Crippen LogP contribution < -0.4 is 5.73 Å². The summed E-state index contributed by atoms with van der Waals surface area (Å²) in [6, 6.07) is 6.07. The van der Waals surface area contributed by atoms with Gasteiger partial charge in [0.1, 0.15) is 0 Å². The molecule has 0 spiro atoms. The molecule has 2 aromatic rings. The van der Waals surface area contributed by atoms with Crippen LogP contribution in [0.25, 0.3) is 11.5 Å². The predicted molar refractivity (Wildman–Crippen MR) is 78.5 cm³/mol. The second-order valence-electron chi connectivity index (χ2n) is 5.22. The van der Waals surface area contributed by atoms with E-state index in [9.17, 15) is 0 Å². The second kappa shape index (κ2) is 6.43.